The zero-order chi connectivity index (χ0) is 68.9. The van der Waals surface area contributed by atoms with Crippen LogP contribution in [0.5, 0.6) is 0 Å². The summed E-state index contributed by atoms with van der Waals surface area (Å²) in [6.45, 7) is 17.6. The van der Waals surface area contributed by atoms with Gasteiger partial charge in [-0.25, -0.2) is 0 Å². The lowest BCUT2D eigenvalue weighted by Crippen LogP contribution is -2.55. The van der Waals surface area contributed by atoms with Gasteiger partial charge >= 0.3 is 35.8 Å². The first-order valence-electron chi connectivity index (χ1n) is 41.1. The maximum Gasteiger partial charge on any atom is 0.311 e. The third kappa shape index (κ3) is 13.5. The smallest absolute Gasteiger partial charge is 0.311 e. The SMILES string of the molecule is CCC(C)(C)C(=O)OC1CC2CC1C1C3CC(CC3C(=O)OCOC3C4CC5CC(C4)C(=O)C3C5)C21.CCC(C)(C)C(=O)OC1CC2CC1C1C3CC(CC3C(=O)OCOCC3CCCCC3)C21.CCC(C)C(=O)OC1CC2CC1C1C3CC(CC3C(=O)OCOCC3CCCCC3)C21. The van der Waals surface area contributed by atoms with Crippen LogP contribution in [0.2, 0.25) is 0 Å². The molecule has 552 valence electrons. The fourth-order valence-corrected chi connectivity index (χ4v) is 26.8. The zero-order valence-corrected chi connectivity index (χ0v) is 61.5. The molecular formula is C83H124O16. The number of ketones is 1. The molecule has 16 nitrogen and oxygen atoms in total. The molecular weight excluding hydrogens is 1250 g/mol. The van der Waals surface area contributed by atoms with E-state index in [-0.39, 0.29) is 116 Å². The van der Waals surface area contributed by atoms with Crippen molar-refractivity contribution in [3.63, 3.8) is 0 Å². The van der Waals surface area contributed by atoms with Crippen LogP contribution in [0.15, 0.2) is 0 Å². The summed E-state index contributed by atoms with van der Waals surface area (Å²) in [4.78, 5) is 89.6. The Hall–Kier alpha value is -3.63. The van der Waals surface area contributed by atoms with Gasteiger partial charge in [-0.2, -0.15) is 0 Å². The summed E-state index contributed by atoms with van der Waals surface area (Å²) in [5, 5.41) is 0. The van der Waals surface area contributed by atoms with Gasteiger partial charge in [-0.15, -0.1) is 0 Å². The molecule has 18 saturated carbocycles. The Kier molecular flexibility index (Phi) is 20.8. The highest BCUT2D eigenvalue weighted by atomic mass is 16.7. The lowest BCUT2D eigenvalue weighted by molar-refractivity contribution is -0.193. The molecule has 16 bridgehead atoms. The maximum absolute atomic E-state index is 13.2. The Morgan fingerprint density at radius 2 is 0.818 bits per heavy atom. The Labute approximate surface area is 591 Å². The van der Waals surface area contributed by atoms with Crippen LogP contribution in [-0.2, 0) is 76.2 Å². The van der Waals surface area contributed by atoms with E-state index < -0.39 is 10.8 Å². The molecule has 0 radical (unpaired) electrons. The maximum atomic E-state index is 13.2. The quantitative estimate of drug-likeness (QED) is 0.0307. The second-order valence-electron chi connectivity index (χ2n) is 37.7. The normalized spacial score (nSPS) is 44.2. The predicted octanol–water partition coefficient (Wildman–Crippen LogP) is 15.1. The van der Waals surface area contributed by atoms with Gasteiger partial charge in [0.05, 0.1) is 53.8 Å². The van der Waals surface area contributed by atoms with Gasteiger partial charge in [0.1, 0.15) is 24.1 Å². The number of esters is 6. The van der Waals surface area contributed by atoms with E-state index in [1.165, 1.54) is 77.0 Å². The highest BCUT2D eigenvalue weighted by Crippen LogP contribution is 2.72. The van der Waals surface area contributed by atoms with E-state index in [1.807, 2.05) is 55.4 Å². The number of carbonyl (C=O) groups excluding carboxylic acids is 7. The van der Waals surface area contributed by atoms with E-state index in [9.17, 15) is 33.6 Å². The van der Waals surface area contributed by atoms with Gasteiger partial charge in [0.2, 0.25) is 0 Å². The molecule has 18 fully saturated rings. The molecule has 0 aromatic rings. The number of Topliss-reactive ketones (excluding diaryl/α,β-unsaturated/α-hetero) is 1. The summed E-state index contributed by atoms with van der Waals surface area (Å²) >= 11 is 0. The first-order valence-corrected chi connectivity index (χ1v) is 41.1. The van der Waals surface area contributed by atoms with Crippen molar-refractivity contribution in [2.75, 3.05) is 33.6 Å². The molecule has 0 N–H and O–H groups in total. The molecule has 0 amide bonds. The third-order valence-corrected chi connectivity index (χ3v) is 32.1. The molecule has 0 aromatic heterocycles. The zero-order valence-electron chi connectivity index (χ0n) is 61.5. The highest BCUT2D eigenvalue weighted by Gasteiger charge is 2.70. The summed E-state index contributed by atoms with van der Waals surface area (Å²) < 4.78 is 52.6. The Morgan fingerprint density at radius 1 is 0.424 bits per heavy atom. The number of ether oxygens (including phenoxy) is 9. The van der Waals surface area contributed by atoms with Crippen LogP contribution in [0.4, 0.5) is 0 Å². The second-order valence-corrected chi connectivity index (χ2v) is 37.7. The minimum absolute atomic E-state index is 0.0144. The van der Waals surface area contributed by atoms with Gasteiger partial charge in [0.25, 0.3) is 0 Å². The third-order valence-electron chi connectivity index (χ3n) is 32.1. The van der Waals surface area contributed by atoms with E-state index in [1.54, 1.807) is 0 Å². The number of hydrogen-bond acceptors (Lipinski definition) is 16. The first kappa shape index (κ1) is 71.0. The van der Waals surface area contributed by atoms with E-state index in [0.29, 0.717) is 124 Å². The van der Waals surface area contributed by atoms with Crippen LogP contribution < -0.4 is 0 Å². The lowest BCUT2D eigenvalue weighted by Gasteiger charge is -2.52. The molecule has 0 aliphatic heterocycles. The number of fused-ring (bicyclic) bond motifs is 27. The Bertz CT molecular complexity index is 2950. The summed E-state index contributed by atoms with van der Waals surface area (Å²) in [6.07, 6.45) is 32.5. The molecule has 18 aliphatic carbocycles. The van der Waals surface area contributed by atoms with E-state index >= 15 is 0 Å². The van der Waals surface area contributed by atoms with Crippen molar-refractivity contribution >= 4 is 41.6 Å². The topological polar surface area (TPSA) is 203 Å². The lowest BCUT2D eigenvalue weighted by atomic mass is 9.54. The van der Waals surface area contributed by atoms with E-state index in [0.717, 1.165) is 134 Å². The molecule has 0 heterocycles. The van der Waals surface area contributed by atoms with Crippen LogP contribution in [0.25, 0.3) is 0 Å². The van der Waals surface area contributed by atoms with Crippen molar-refractivity contribution < 1.29 is 76.2 Å². The monoisotopic (exact) mass is 1380 g/mol. The van der Waals surface area contributed by atoms with Gasteiger partial charge in [-0.3, -0.25) is 33.6 Å². The van der Waals surface area contributed by atoms with E-state index in [2.05, 4.69) is 0 Å². The minimum atomic E-state index is -0.440. The minimum Gasteiger partial charge on any atom is -0.462 e. The summed E-state index contributed by atoms with van der Waals surface area (Å²) in [5.41, 5.74) is -0.857. The first-order chi connectivity index (χ1) is 47.7. The predicted molar refractivity (Wildman–Crippen MR) is 366 cm³/mol. The van der Waals surface area contributed by atoms with Crippen molar-refractivity contribution in [1.29, 1.82) is 0 Å². The van der Waals surface area contributed by atoms with Crippen molar-refractivity contribution in [3.05, 3.63) is 0 Å². The van der Waals surface area contributed by atoms with Crippen LogP contribution in [0.1, 0.15) is 242 Å². The highest BCUT2D eigenvalue weighted by molar-refractivity contribution is 5.86. The van der Waals surface area contributed by atoms with Crippen molar-refractivity contribution in [2.45, 2.75) is 266 Å². The van der Waals surface area contributed by atoms with Gasteiger partial charge in [-0.1, -0.05) is 66.2 Å². The average molecular weight is 1380 g/mol. The Balaban J connectivity index is 0.000000121. The summed E-state index contributed by atoms with van der Waals surface area (Å²) in [5.74, 6) is 12.9. The molecule has 18 aliphatic rings. The van der Waals surface area contributed by atoms with Crippen LogP contribution in [0.3, 0.4) is 0 Å². The van der Waals surface area contributed by atoms with Gasteiger partial charge in [0, 0.05) is 11.8 Å². The van der Waals surface area contributed by atoms with Crippen LogP contribution in [-0.4, -0.2) is 99.6 Å². The fourth-order valence-electron chi connectivity index (χ4n) is 26.8. The standard InChI is InChI=1S/C30H42O6.C27H42O5.C26H40O5/c1-4-30(2,3)29(33)36-23-12-16-11-21(23)25-19-9-15(24(16)25)10-20(19)28(32)35-13-34-27-18-6-14-5-17(8-18)26(31)22(27)7-14;1-4-27(2,3)26(29)32-22-13-18-12-21(22)24-19-10-17(23(18)24)11-20(19)25(28)31-15-30-14-16-8-6-5-7-9-16;1-3-15(2)25(27)31-22-12-18-11-21(22)24-19-9-17(23(18)24)10-20(19)26(28)30-14-29-13-16-7-5-4-6-8-16/h14-25,27H,4-13H2,1-3H3;16-24H,4-15H2,1-3H3;15-24H,3-14H2,1-2H3. The van der Waals surface area contributed by atoms with Crippen molar-refractivity contribution in [3.8, 4) is 0 Å². The van der Waals surface area contributed by atoms with Crippen molar-refractivity contribution in [2.24, 2.45) is 177 Å². The molecule has 18 rings (SSSR count). The second kappa shape index (κ2) is 29.0. The van der Waals surface area contributed by atoms with Crippen molar-refractivity contribution in [1.82, 2.24) is 0 Å². The number of rotatable bonds is 23. The molecule has 16 heteroatoms. The molecule has 0 aromatic carbocycles. The van der Waals surface area contributed by atoms with Gasteiger partial charge in [-0.05, 0) is 306 Å². The van der Waals surface area contributed by atoms with E-state index in [4.69, 9.17) is 42.6 Å². The van der Waals surface area contributed by atoms with Gasteiger partial charge < -0.3 is 42.6 Å². The molecule has 0 spiro atoms. The summed E-state index contributed by atoms with van der Waals surface area (Å²) in [6, 6.07) is 0. The molecule has 99 heavy (non-hydrogen) atoms. The van der Waals surface area contributed by atoms with Gasteiger partial charge in [0.15, 0.2) is 20.4 Å². The Morgan fingerprint density at radius 3 is 1.23 bits per heavy atom. The number of carbonyl (C=O) groups is 7. The molecule has 30 atom stereocenters. The largest absolute Gasteiger partial charge is 0.462 e. The van der Waals surface area contributed by atoms with Crippen LogP contribution >= 0.6 is 0 Å². The summed E-state index contributed by atoms with van der Waals surface area (Å²) in [7, 11) is 0. The van der Waals surface area contributed by atoms with Crippen LogP contribution in [0, 0.1) is 177 Å². The molecule has 0 saturated heterocycles. The number of hydrogen-bond donors (Lipinski definition) is 0. The average Bonchev–Trinajstić information content (AvgIpc) is 1.57. The fraction of sp³-hybridized carbons (Fsp3) is 0.916. The molecule has 30 unspecified atom stereocenters.